The highest BCUT2D eigenvalue weighted by atomic mass is 15.1. The van der Waals surface area contributed by atoms with Crippen molar-refractivity contribution in [1.82, 2.24) is 4.90 Å². The normalized spacial score (nSPS) is 15.0. The molecule has 0 aromatic heterocycles. The van der Waals surface area contributed by atoms with Gasteiger partial charge in [0.05, 0.1) is 41.1 Å². The van der Waals surface area contributed by atoms with Crippen LogP contribution < -0.4 is 0 Å². The second-order valence-electron chi connectivity index (χ2n) is 11.9. The smallest absolute Gasteiger partial charge is 0.160 e. The minimum Gasteiger partial charge on any atom is -0.366 e. The van der Waals surface area contributed by atoms with E-state index in [0.29, 0.717) is 29.5 Å². The molecule has 0 N–H and O–H groups in total. The molecule has 0 amide bonds. The van der Waals surface area contributed by atoms with E-state index in [1.54, 1.807) is 72.8 Å². The second-order valence-corrected chi connectivity index (χ2v) is 11.9. The van der Waals surface area contributed by atoms with Gasteiger partial charge in [0.25, 0.3) is 0 Å². The summed E-state index contributed by atoms with van der Waals surface area (Å²) in [5.74, 6) is -0.0134. The number of nitrogens with zero attached hydrogens (tertiary/aromatic N) is 8. The van der Waals surface area contributed by atoms with Crippen LogP contribution in [-0.2, 0) is 0 Å². The van der Waals surface area contributed by atoms with Gasteiger partial charge in [-0.15, -0.1) is 0 Å². The first-order valence-corrected chi connectivity index (χ1v) is 16.5. The van der Waals surface area contributed by atoms with Crippen molar-refractivity contribution in [2.75, 3.05) is 14.1 Å². The molecule has 2 aromatic rings. The van der Waals surface area contributed by atoms with Crippen LogP contribution in [0, 0.1) is 79.8 Å². The van der Waals surface area contributed by atoms with Gasteiger partial charge in [-0.1, -0.05) is 105 Å². The lowest BCUT2D eigenvalue weighted by molar-refractivity contribution is 0.536. The standard InChI is InChI=1S/C43H38N8/c1-5-14-31(2)43(51(3)4)50-42-34(19-12-21-36(25-44)40(38(27-46)28-47)32-15-8-6-9-16-32)23-24-35(42)20-13-22-37(26-45)41(39(29-48)30-49)33-17-10-7-11-18-33/h6-13,15-22,31,38H,5,14,23-24H2,1-4H3. The Bertz CT molecular complexity index is 2070. The van der Waals surface area contributed by atoms with E-state index in [1.165, 1.54) is 0 Å². The lowest BCUT2D eigenvalue weighted by Gasteiger charge is -2.22. The summed E-state index contributed by atoms with van der Waals surface area (Å²) in [6.45, 7) is 4.28. The summed E-state index contributed by atoms with van der Waals surface area (Å²) in [6, 6.07) is 30.1. The average molecular weight is 667 g/mol. The Morgan fingerprint density at radius 3 is 1.98 bits per heavy atom. The fraction of sp³-hybridized carbons (Fsp3) is 0.233. The van der Waals surface area contributed by atoms with Crippen molar-refractivity contribution in [3.63, 3.8) is 0 Å². The van der Waals surface area contributed by atoms with Crippen molar-refractivity contribution < 1.29 is 0 Å². The van der Waals surface area contributed by atoms with Gasteiger partial charge >= 0.3 is 0 Å². The van der Waals surface area contributed by atoms with Crippen LogP contribution in [0.25, 0.3) is 11.1 Å². The molecule has 0 heterocycles. The molecule has 2 aromatic carbocycles. The van der Waals surface area contributed by atoms with Crippen LogP contribution in [0.3, 0.4) is 0 Å². The van der Waals surface area contributed by atoms with Gasteiger partial charge in [0.1, 0.15) is 23.5 Å². The molecule has 1 aliphatic rings. The largest absolute Gasteiger partial charge is 0.366 e. The summed E-state index contributed by atoms with van der Waals surface area (Å²) in [5, 5.41) is 58.9. The Balaban J connectivity index is 2.20. The third-order valence-corrected chi connectivity index (χ3v) is 8.21. The number of aliphatic imine (C=N–C) groups is 1. The highest BCUT2D eigenvalue weighted by molar-refractivity contribution is 5.89. The number of benzene rings is 2. The lowest BCUT2D eigenvalue weighted by Crippen LogP contribution is -2.28. The van der Waals surface area contributed by atoms with E-state index in [2.05, 4.69) is 26.0 Å². The van der Waals surface area contributed by atoms with E-state index >= 15 is 0 Å². The summed E-state index contributed by atoms with van der Waals surface area (Å²) >= 11 is 0. The molecule has 0 spiro atoms. The first kappa shape index (κ1) is 38.5. The average Bonchev–Trinajstić information content (AvgIpc) is 3.53. The number of rotatable bonds is 12. The van der Waals surface area contributed by atoms with Crippen LogP contribution in [0.2, 0.25) is 0 Å². The van der Waals surface area contributed by atoms with E-state index in [9.17, 15) is 31.6 Å². The molecule has 0 aliphatic heterocycles. The summed E-state index contributed by atoms with van der Waals surface area (Å²) in [6.07, 6.45) is 13.8. The fourth-order valence-electron chi connectivity index (χ4n) is 5.82. The topological polar surface area (TPSA) is 158 Å². The number of allylic oxidation sites excluding steroid dienone is 13. The van der Waals surface area contributed by atoms with Gasteiger partial charge < -0.3 is 4.90 Å². The Hall–Kier alpha value is -6.97. The van der Waals surface area contributed by atoms with Gasteiger partial charge in [-0.2, -0.15) is 31.6 Å². The molecule has 0 saturated heterocycles. The van der Waals surface area contributed by atoms with Gasteiger partial charge in [0.15, 0.2) is 5.92 Å². The molecule has 1 aliphatic carbocycles. The minimum atomic E-state index is -1.12. The minimum absolute atomic E-state index is 0.151. The maximum Gasteiger partial charge on any atom is 0.160 e. The zero-order chi connectivity index (χ0) is 37.2. The van der Waals surface area contributed by atoms with Crippen LogP contribution in [0.15, 0.2) is 136 Å². The summed E-state index contributed by atoms with van der Waals surface area (Å²) in [7, 11) is 3.94. The summed E-state index contributed by atoms with van der Waals surface area (Å²) in [4.78, 5) is 7.21. The van der Waals surface area contributed by atoms with E-state index in [0.717, 1.165) is 35.5 Å². The number of nitriles is 6. The Kier molecular flexibility index (Phi) is 14.9. The predicted molar refractivity (Wildman–Crippen MR) is 200 cm³/mol. The fourth-order valence-corrected chi connectivity index (χ4v) is 5.82. The maximum atomic E-state index is 10.1. The quantitative estimate of drug-likeness (QED) is 0.0945. The predicted octanol–water partition coefficient (Wildman–Crippen LogP) is 9.06. The molecule has 3 rings (SSSR count). The van der Waals surface area contributed by atoms with Crippen LogP contribution in [0.5, 0.6) is 0 Å². The van der Waals surface area contributed by atoms with Gasteiger partial charge in [0, 0.05) is 31.2 Å². The number of hydrogen-bond donors (Lipinski definition) is 0. The van der Waals surface area contributed by atoms with Crippen molar-refractivity contribution in [3.8, 4) is 36.4 Å². The van der Waals surface area contributed by atoms with Crippen LogP contribution >= 0.6 is 0 Å². The van der Waals surface area contributed by atoms with Crippen molar-refractivity contribution in [2.45, 2.75) is 39.5 Å². The van der Waals surface area contributed by atoms with Crippen LogP contribution in [0.4, 0.5) is 0 Å². The first-order chi connectivity index (χ1) is 24.8. The molecule has 8 heteroatoms. The van der Waals surface area contributed by atoms with E-state index in [-0.39, 0.29) is 28.2 Å². The third kappa shape index (κ3) is 10.0. The summed E-state index contributed by atoms with van der Waals surface area (Å²) < 4.78 is 0. The molecule has 0 fully saturated rings. The molecule has 8 nitrogen and oxygen atoms in total. The second kappa shape index (κ2) is 19.8. The monoisotopic (exact) mass is 666 g/mol. The zero-order valence-corrected chi connectivity index (χ0v) is 29.3. The Morgan fingerprint density at radius 1 is 0.824 bits per heavy atom. The van der Waals surface area contributed by atoms with Gasteiger partial charge in [0.2, 0.25) is 0 Å². The maximum absolute atomic E-state index is 10.1. The zero-order valence-electron chi connectivity index (χ0n) is 29.3. The molecule has 1 atom stereocenters. The number of amidine groups is 1. The third-order valence-electron chi connectivity index (χ3n) is 8.21. The van der Waals surface area contributed by atoms with Crippen molar-refractivity contribution >= 4 is 17.0 Å². The van der Waals surface area contributed by atoms with Gasteiger partial charge in [-0.3, -0.25) is 0 Å². The number of hydrogen-bond acceptors (Lipinski definition) is 7. The lowest BCUT2D eigenvalue weighted by atomic mass is 9.90. The van der Waals surface area contributed by atoms with Crippen LogP contribution in [-0.4, -0.2) is 24.8 Å². The van der Waals surface area contributed by atoms with Crippen molar-refractivity contribution in [1.29, 1.82) is 31.6 Å². The van der Waals surface area contributed by atoms with Crippen LogP contribution in [0.1, 0.15) is 50.7 Å². The SMILES string of the molecule is CCCC(C)C(=NC1=C(C=CC=C(C#N)C(=C(C#N)C#N)c2ccccc2)CCC1=CC=CC(C#N)=C(c1ccccc1)C(C#N)C#N)N(C)C. The molecule has 0 bridgehead atoms. The van der Waals surface area contributed by atoms with E-state index in [1.807, 2.05) is 67.6 Å². The van der Waals surface area contributed by atoms with Gasteiger partial charge in [-0.25, -0.2) is 4.99 Å². The first-order valence-electron chi connectivity index (χ1n) is 16.5. The van der Waals surface area contributed by atoms with Crippen molar-refractivity contribution in [2.24, 2.45) is 16.8 Å². The van der Waals surface area contributed by atoms with E-state index < -0.39 is 5.92 Å². The highest BCUT2D eigenvalue weighted by Crippen LogP contribution is 2.35. The van der Waals surface area contributed by atoms with Gasteiger partial charge in [-0.05, 0) is 53.7 Å². The molecular formula is C43H38N8. The van der Waals surface area contributed by atoms with Crippen molar-refractivity contribution in [3.05, 3.63) is 142 Å². The molecule has 0 radical (unpaired) electrons. The molecular weight excluding hydrogens is 629 g/mol. The summed E-state index contributed by atoms with van der Waals surface area (Å²) in [5.41, 5.74) is 4.75. The van der Waals surface area contributed by atoms with E-state index in [4.69, 9.17) is 4.99 Å². The molecule has 0 saturated carbocycles. The molecule has 250 valence electrons. The Morgan fingerprint density at radius 2 is 1.45 bits per heavy atom. The molecule has 1 unspecified atom stereocenters. The Labute approximate surface area is 301 Å². The highest BCUT2D eigenvalue weighted by Gasteiger charge is 2.22. The molecule has 51 heavy (non-hydrogen) atoms.